The van der Waals surface area contributed by atoms with Gasteiger partial charge in [-0.3, -0.25) is 4.99 Å². The van der Waals surface area contributed by atoms with Gasteiger partial charge in [0.25, 0.3) is 0 Å². The highest BCUT2D eigenvalue weighted by Gasteiger charge is 2.26. The fraction of sp³-hybridized carbons (Fsp3) is 0.667. The molecule has 1 rings (SSSR count). The van der Waals surface area contributed by atoms with Crippen molar-refractivity contribution in [3.8, 4) is 5.75 Å². The molecule has 0 aliphatic heterocycles. The normalized spacial score (nSPS) is 13.8. The van der Waals surface area contributed by atoms with Gasteiger partial charge < -0.3 is 10.4 Å². The van der Waals surface area contributed by atoms with Crippen molar-refractivity contribution in [1.29, 1.82) is 0 Å². The second-order valence-electron chi connectivity index (χ2n) is 9.29. The molecule has 2 N–H and O–H groups in total. The van der Waals surface area contributed by atoms with Crippen LogP contribution in [-0.2, 0) is 10.8 Å². The molecular weight excluding hydrogens is 296 g/mol. The minimum absolute atomic E-state index is 0.00320. The molecule has 3 heteroatoms. The smallest absolute Gasteiger partial charge is 0.132 e. The number of phenols is 1. The van der Waals surface area contributed by atoms with E-state index in [1.807, 2.05) is 0 Å². The summed E-state index contributed by atoms with van der Waals surface area (Å²) in [4.78, 5) is 4.74. The first-order chi connectivity index (χ1) is 10.7. The highest BCUT2D eigenvalue weighted by atomic mass is 16.3. The first-order valence-corrected chi connectivity index (χ1v) is 8.96. The molecule has 1 aromatic carbocycles. The van der Waals surface area contributed by atoms with E-state index in [1.165, 1.54) is 5.56 Å². The molecule has 3 nitrogen and oxygen atoms in total. The van der Waals surface area contributed by atoms with Crippen LogP contribution in [0.25, 0.3) is 0 Å². The second kappa shape index (κ2) is 7.16. The molecule has 0 aliphatic carbocycles. The first-order valence-electron chi connectivity index (χ1n) is 8.96. The summed E-state index contributed by atoms with van der Waals surface area (Å²) in [5.41, 5.74) is 2.84. The molecule has 0 saturated heterocycles. The second-order valence-corrected chi connectivity index (χ2v) is 9.29. The van der Waals surface area contributed by atoms with Crippen LogP contribution in [0.4, 0.5) is 0 Å². The highest BCUT2D eigenvalue weighted by Crippen LogP contribution is 2.37. The predicted octanol–water partition coefficient (Wildman–Crippen LogP) is 5.14. The standard InChI is InChI=1S/C21H36N2O/c1-13(2)22-19(23-14(3)4)16-11-15(20(5,6)7)12-17(18(16)24)21(8,9)10/h11-14,24H,1-10H3,(H,22,23). The fourth-order valence-corrected chi connectivity index (χ4v) is 2.54. The van der Waals surface area contributed by atoms with Crippen molar-refractivity contribution < 1.29 is 5.11 Å². The zero-order valence-corrected chi connectivity index (χ0v) is 17.2. The Morgan fingerprint density at radius 1 is 0.958 bits per heavy atom. The predicted molar refractivity (Wildman–Crippen MR) is 105 cm³/mol. The van der Waals surface area contributed by atoms with E-state index in [-0.39, 0.29) is 22.9 Å². The van der Waals surface area contributed by atoms with E-state index < -0.39 is 0 Å². The maximum Gasteiger partial charge on any atom is 0.132 e. The lowest BCUT2D eigenvalue weighted by molar-refractivity contribution is 0.443. The molecule has 0 unspecified atom stereocenters. The molecule has 0 fully saturated rings. The molecule has 1 aromatic rings. The number of rotatable bonds is 3. The Morgan fingerprint density at radius 3 is 1.88 bits per heavy atom. The third-order valence-electron chi connectivity index (χ3n) is 3.85. The van der Waals surface area contributed by atoms with Crippen LogP contribution in [0.3, 0.4) is 0 Å². The van der Waals surface area contributed by atoms with E-state index in [9.17, 15) is 5.11 Å². The van der Waals surface area contributed by atoms with Gasteiger partial charge in [0, 0.05) is 17.6 Å². The SMILES string of the molecule is CC(C)N=C(NC(C)C)c1cc(C(C)(C)C)cc(C(C)(C)C)c1O. The minimum atomic E-state index is -0.138. The number of nitrogens with one attached hydrogen (secondary N) is 1. The van der Waals surface area contributed by atoms with Crippen molar-refractivity contribution in [2.75, 3.05) is 0 Å². The fourth-order valence-electron chi connectivity index (χ4n) is 2.54. The molecule has 0 bridgehead atoms. The van der Waals surface area contributed by atoms with E-state index in [0.29, 0.717) is 5.75 Å². The third kappa shape index (κ3) is 5.25. The van der Waals surface area contributed by atoms with Crippen LogP contribution in [0.15, 0.2) is 17.1 Å². The lowest BCUT2D eigenvalue weighted by Crippen LogP contribution is -2.33. The van der Waals surface area contributed by atoms with Crippen LogP contribution in [0, 0.1) is 0 Å². The molecule has 136 valence electrons. The summed E-state index contributed by atoms with van der Waals surface area (Å²) in [6, 6.07) is 4.63. The Labute approximate surface area is 148 Å². The minimum Gasteiger partial charge on any atom is -0.507 e. The highest BCUT2D eigenvalue weighted by molar-refractivity contribution is 6.02. The summed E-state index contributed by atoms with van der Waals surface area (Å²) in [7, 11) is 0. The zero-order valence-electron chi connectivity index (χ0n) is 17.2. The van der Waals surface area contributed by atoms with Gasteiger partial charge in [0.2, 0.25) is 0 Å². The van der Waals surface area contributed by atoms with Crippen molar-refractivity contribution in [2.24, 2.45) is 4.99 Å². The molecule has 0 aromatic heterocycles. The van der Waals surface area contributed by atoms with Gasteiger partial charge in [0.05, 0.1) is 5.56 Å². The third-order valence-corrected chi connectivity index (χ3v) is 3.85. The Bertz CT molecular complexity index is 599. The van der Waals surface area contributed by atoms with E-state index >= 15 is 0 Å². The monoisotopic (exact) mass is 332 g/mol. The molecule has 0 amide bonds. The average molecular weight is 333 g/mol. The number of phenolic OH excluding ortho intramolecular Hbond substituents is 1. The summed E-state index contributed by atoms with van der Waals surface area (Å²) in [5, 5.41) is 14.4. The summed E-state index contributed by atoms with van der Waals surface area (Å²) in [6.45, 7) is 21.3. The van der Waals surface area contributed by atoms with Gasteiger partial charge in [0.15, 0.2) is 0 Å². The summed E-state index contributed by atoms with van der Waals surface area (Å²) in [6.07, 6.45) is 0. The number of hydrogen-bond donors (Lipinski definition) is 2. The number of hydrogen-bond acceptors (Lipinski definition) is 2. The number of amidine groups is 1. The van der Waals surface area contributed by atoms with Gasteiger partial charge >= 0.3 is 0 Å². The van der Waals surface area contributed by atoms with E-state index in [1.54, 1.807) is 0 Å². The Hall–Kier alpha value is -1.51. The number of aromatic hydroxyl groups is 1. The summed E-state index contributed by atoms with van der Waals surface area (Å²) in [5.74, 6) is 1.11. The average Bonchev–Trinajstić information content (AvgIpc) is 2.34. The maximum absolute atomic E-state index is 11.0. The number of aliphatic imine (C=N–C) groups is 1. The quantitative estimate of drug-likeness (QED) is 0.594. The lowest BCUT2D eigenvalue weighted by atomic mass is 9.78. The molecule has 0 spiro atoms. The molecule has 0 saturated carbocycles. The van der Waals surface area contributed by atoms with E-state index in [2.05, 4.69) is 86.7 Å². The van der Waals surface area contributed by atoms with Crippen molar-refractivity contribution >= 4 is 5.84 Å². The van der Waals surface area contributed by atoms with Crippen molar-refractivity contribution in [3.05, 3.63) is 28.8 Å². The largest absolute Gasteiger partial charge is 0.507 e. The molecular formula is C21H36N2O. The van der Waals surface area contributed by atoms with Crippen LogP contribution >= 0.6 is 0 Å². The van der Waals surface area contributed by atoms with E-state index in [4.69, 9.17) is 4.99 Å². The van der Waals surface area contributed by atoms with Crippen LogP contribution in [-0.4, -0.2) is 23.0 Å². The van der Waals surface area contributed by atoms with Gasteiger partial charge in [-0.25, -0.2) is 0 Å². The molecule has 24 heavy (non-hydrogen) atoms. The van der Waals surface area contributed by atoms with Crippen LogP contribution in [0.2, 0.25) is 0 Å². The van der Waals surface area contributed by atoms with Crippen LogP contribution in [0.1, 0.15) is 85.9 Å². The zero-order chi connectivity index (χ0) is 18.9. The molecule has 0 heterocycles. The van der Waals surface area contributed by atoms with Gasteiger partial charge in [-0.05, 0) is 50.2 Å². The summed E-state index contributed by atoms with van der Waals surface area (Å²) < 4.78 is 0. The Balaban J connectivity index is 3.71. The Morgan fingerprint density at radius 2 is 1.50 bits per heavy atom. The number of nitrogens with zero attached hydrogens (tertiary/aromatic N) is 1. The molecule has 0 atom stereocenters. The van der Waals surface area contributed by atoms with Gasteiger partial charge in [-0.15, -0.1) is 0 Å². The maximum atomic E-state index is 11.0. The van der Waals surface area contributed by atoms with Crippen LogP contribution in [0.5, 0.6) is 5.75 Å². The Kier molecular flexibility index (Phi) is 6.13. The van der Waals surface area contributed by atoms with Crippen molar-refractivity contribution in [2.45, 2.75) is 92.2 Å². The van der Waals surface area contributed by atoms with Crippen molar-refractivity contribution in [3.63, 3.8) is 0 Å². The van der Waals surface area contributed by atoms with E-state index in [0.717, 1.165) is 17.0 Å². The van der Waals surface area contributed by atoms with Gasteiger partial charge in [-0.2, -0.15) is 0 Å². The topological polar surface area (TPSA) is 44.6 Å². The summed E-state index contributed by atoms with van der Waals surface area (Å²) >= 11 is 0. The number of benzene rings is 1. The lowest BCUT2D eigenvalue weighted by Gasteiger charge is -2.28. The van der Waals surface area contributed by atoms with Crippen LogP contribution < -0.4 is 5.32 Å². The first kappa shape index (κ1) is 20.5. The van der Waals surface area contributed by atoms with Crippen molar-refractivity contribution in [1.82, 2.24) is 5.32 Å². The molecule has 0 aliphatic rings. The van der Waals surface area contributed by atoms with Gasteiger partial charge in [-0.1, -0.05) is 47.6 Å². The van der Waals surface area contributed by atoms with Gasteiger partial charge in [0.1, 0.15) is 11.6 Å². The molecule has 0 radical (unpaired) electrons.